The summed E-state index contributed by atoms with van der Waals surface area (Å²) < 4.78 is 80.2. The van der Waals surface area contributed by atoms with Crippen LogP contribution in [-0.2, 0) is 16.2 Å². The first-order valence-corrected chi connectivity index (χ1v) is 17.3. The van der Waals surface area contributed by atoms with Crippen molar-refractivity contribution in [1.29, 1.82) is 0 Å². The molecule has 4 rings (SSSR count). The molecule has 0 radical (unpaired) electrons. The van der Waals surface area contributed by atoms with Crippen molar-refractivity contribution in [2.75, 3.05) is 57.5 Å². The molecule has 0 spiro atoms. The van der Waals surface area contributed by atoms with Crippen molar-refractivity contribution >= 4 is 44.8 Å². The molecular weight excluding hydrogens is 667 g/mol. The van der Waals surface area contributed by atoms with Crippen LogP contribution in [0.4, 0.5) is 23.2 Å². The number of amides is 1. The number of carbonyl (C=O) groups is 1. The second kappa shape index (κ2) is 14.9. The van der Waals surface area contributed by atoms with Gasteiger partial charge in [-0.15, -0.1) is 0 Å². The van der Waals surface area contributed by atoms with Crippen LogP contribution in [0.2, 0.25) is 10.0 Å². The SMILES string of the molecule is C[C@H](NS(C)(=O)=O)c1ccccc1N1CCN(CC[C@H](CN(C)C(=O)c2cc(F)cc(C(F)(F)F)c2)c2ccc(Cl)c(Cl)c2)CC1. The molecule has 46 heavy (non-hydrogen) atoms. The molecule has 0 aliphatic carbocycles. The molecule has 0 bridgehead atoms. The number of para-hydroxylation sites is 1. The maximum atomic E-state index is 14.0. The molecule has 1 amide bonds. The van der Waals surface area contributed by atoms with Crippen molar-refractivity contribution < 1.29 is 30.8 Å². The highest BCUT2D eigenvalue weighted by molar-refractivity contribution is 7.88. The van der Waals surface area contributed by atoms with Gasteiger partial charge < -0.3 is 9.80 Å². The van der Waals surface area contributed by atoms with E-state index < -0.39 is 39.5 Å². The average Bonchev–Trinajstić information content (AvgIpc) is 2.99. The smallest absolute Gasteiger partial charge is 0.369 e. The van der Waals surface area contributed by atoms with Gasteiger partial charge in [-0.1, -0.05) is 47.5 Å². The lowest BCUT2D eigenvalue weighted by molar-refractivity contribution is -0.137. The standard InChI is InChI=1S/C32H36Cl2F4N4O3S/c1-21(39-46(3,44)45)27-6-4-5-7-30(27)42-14-12-41(13-15-42)11-10-23(22-8-9-28(33)29(34)18-22)20-40(2)31(43)24-16-25(32(36,37)38)19-26(35)17-24/h4-9,16-19,21,23,39H,10-15,20H2,1-3H3/t21-,23+/m0/s1. The Kier molecular flexibility index (Phi) is 11.6. The van der Waals surface area contributed by atoms with Crippen molar-refractivity contribution in [2.24, 2.45) is 0 Å². The van der Waals surface area contributed by atoms with Gasteiger partial charge in [0.15, 0.2) is 0 Å². The van der Waals surface area contributed by atoms with Gasteiger partial charge in [0.25, 0.3) is 5.91 Å². The highest BCUT2D eigenvalue weighted by Gasteiger charge is 2.32. The minimum absolute atomic E-state index is 0.146. The van der Waals surface area contributed by atoms with E-state index in [-0.39, 0.29) is 18.0 Å². The van der Waals surface area contributed by atoms with E-state index in [4.69, 9.17) is 23.2 Å². The lowest BCUT2D eigenvalue weighted by Gasteiger charge is -2.38. The van der Waals surface area contributed by atoms with Crippen molar-refractivity contribution in [3.05, 3.63) is 98.8 Å². The lowest BCUT2D eigenvalue weighted by Crippen LogP contribution is -2.47. The van der Waals surface area contributed by atoms with Gasteiger partial charge in [0, 0.05) is 63.0 Å². The molecule has 7 nitrogen and oxygen atoms in total. The molecular formula is C32H36Cl2F4N4O3S. The number of benzene rings is 3. The van der Waals surface area contributed by atoms with Crippen molar-refractivity contribution in [3.63, 3.8) is 0 Å². The fourth-order valence-electron chi connectivity index (χ4n) is 5.72. The van der Waals surface area contributed by atoms with Crippen molar-refractivity contribution in [2.45, 2.75) is 31.5 Å². The van der Waals surface area contributed by atoms with Crippen molar-refractivity contribution in [3.8, 4) is 0 Å². The first-order chi connectivity index (χ1) is 21.5. The number of hydrogen-bond acceptors (Lipinski definition) is 5. The minimum atomic E-state index is -4.80. The number of rotatable bonds is 11. The van der Waals surface area contributed by atoms with E-state index in [0.29, 0.717) is 48.2 Å². The maximum Gasteiger partial charge on any atom is 0.416 e. The number of likely N-dealkylation sites (N-methyl/N-ethyl adjacent to an activating group) is 1. The Balaban J connectivity index is 1.45. The molecule has 3 aromatic carbocycles. The molecule has 1 N–H and O–H groups in total. The monoisotopic (exact) mass is 702 g/mol. The molecule has 3 aromatic rings. The number of anilines is 1. The number of halogens is 6. The zero-order chi connectivity index (χ0) is 33.8. The number of nitrogens with zero attached hydrogens (tertiary/aromatic N) is 3. The Morgan fingerprint density at radius 2 is 1.67 bits per heavy atom. The number of piperazine rings is 1. The van der Waals surface area contributed by atoms with Gasteiger partial charge in [0.05, 0.1) is 21.9 Å². The zero-order valence-electron chi connectivity index (χ0n) is 25.6. The summed E-state index contributed by atoms with van der Waals surface area (Å²) in [5.41, 5.74) is 1.04. The molecule has 1 saturated heterocycles. The zero-order valence-corrected chi connectivity index (χ0v) is 27.9. The van der Waals surface area contributed by atoms with Crippen LogP contribution in [0.25, 0.3) is 0 Å². The van der Waals surface area contributed by atoms with Gasteiger partial charge in [-0.3, -0.25) is 9.69 Å². The fraction of sp³-hybridized carbons (Fsp3) is 0.406. The first kappa shape index (κ1) is 35.9. The summed E-state index contributed by atoms with van der Waals surface area (Å²) in [4.78, 5) is 19.0. The van der Waals surface area contributed by atoms with Gasteiger partial charge in [0.1, 0.15) is 5.82 Å². The van der Waals surface area contributed by atoms with Gasteiger partial charge in [0.2, 0.25) is 10.0 Å². The largest absolute Gasteiger partial charge is 0.416 e. The molecule has 250 valence electrons. The van der Waals surface area contributed by atoms with Crippen LogP contribution >= 0.6 is 23.2 Å². The third-order valence-corrected chi connectivity index (χ3v) is 9.55. The Morgan fingerprint density at radius 3 is 2.30 bits per heavy atom. The van der Waals surface area contributed by atoms with E-state index in [0.717, 1.165) is 42.2 Å². The third-order valence-electron chi connectivity index (χ3n) is 8.03. The summed E-state index contributed by atoms with van der Waals surface area (Å²) in [5.74, 6) is -2.13. The van der Waals surface area contributed by atoms with Crippen LogP contribution in [-0.4, -0.2) is 76.7 Å². The molecule has 0 aromatic heterocycles. The topological polar surface area (TPSA) is 73.0 Å². The number of alkyl halides is 3. The van der Waals surface area contributed by atoms with E-state index in [1.807, 2.05) is 37.3 Å². The lowest BCUT2D eigenvalue weighted by atomic mass is 9.94. The minimum Gasteiger partial charge on any atom is -0.369 e. The summed E-state index contributed by atoms with van der Waals surface area (Å²) in [6.07, 6.45) is -3.07. The third kappa shape index (κ3) is 9.57. The molecule has 0 saturated carbocycles. The van der Waals surface area contributed by atoms with Crippen LogP contribution in [0.15, 0.2) is 60.7 Å². The van der Waals surface area contributed by atoms with Crippen LogP contribution in [0.3, 0.4) is 0 Å². The summed E-state index contributed by atoms with van der Waals surface area (Å²) in [6.45, 7) is 5.49. The van der Waals surface area contributed by atoms with Crippen LogP contribution < -0.4 is 9.62 Å². The second-order valence-electron chi connectivity index (χ2n) is 11.6. The molecule has 1 aliphatic heterocycles. The number of hydrogen-bond donors (Lipinski definition) is 1. The summed E-state index contributed by atoms with van der Waals surface area (Å²) in [7, 11) is -1.92. The Labute approximate surface area is 277 Å². The second-order valence-corrected chi connectivity index (χ2v) is 14.2. The van der Waals surface area contributed by atoms with Gasteiger partial charge in [-0.05, 0) is 67.4 Å². The summed E-state index contributed by atoms with van der Waals surface area (Å²) in [5, 5.41) is 0.704. The van der Waals surface area contributed by atoms with E-state index in [9.17, 15) is 30.8 Å². The van der Waals surface area contributed by atoms with Crippen molar-refractivity contribution in [1.82, 2.24) is 14.5 Å². The predicted molar refractivity (Wildman–Crippen MR) is 174 cm³/mol. The fourth-order valence-corrected chi connectivity index (χ4v) is 6.79. The van der Waals surface area contributed by atoms with Crippen LogP contribution in [0.1, 0.15) is 52.4 Å². The van der Waals surface area contributed by atoms with Gasteiger partial charge in [-0.2, -0.15) is 13.2 Å². The Hall–Kier alpha value is -2.90. The molecule has 1 heterocycles. The molecule has 14 heteroatoms. The average molecular weight is 704 g/mol. The van der Waals surface area contributed by atoms with E-state index in [2.05, 4.69) is 14.5 Å². The normalized spacial score (nSPS) is 15.9. The van der Waals surface area contributed by atoms with Crippen LogP contribution in [0.5, 0.6) is 0 Å². The van der Waals surface area contributed by atoms with E-state index in [1.165, 1.54) is 11.9 Å². The Morgan fingerprint density at radius 1 is 1.00 bits per heavy atom. The van der Waals surface area contributed by atoms with Crippen LogP contribution in [0, 0.1) is 5.82 Å². The Bertz CT molecular complexity index is 1650. The number of sulfonamides is 1. The molecule has 0 unspecified atom stereocenters. The molecule has 2 atom stereocenters. The van der Waals surface area contributed by atoms with E-state index >= 15 is 0 Å². The van der Waals surface area contributed by atoms with Gasteiger partial charge >= 0.3 is 6.18 Å². The first-order valence-electron chi connectivity index (χ1n) is 14.6. The molecule has 1 fully saturated rings. The molecule has 1 aliphatic rings. The summed E-state index contributed by atoms with van der Waals surface area (Å²) >= 11 is 12.5. The summed E-state index contributed by atoms with van der Waals surface area (Å²) in [6, 6.07) is 14.3. The number of nitrogens with one attached hydrogen (secondary N) is 1. The highest BCUT2D eigenvalue weighted by atomic mass is 35.5. The van der Waals surface area contributed by atoms with E-state index in [1.54, 1.807) is 12.1 Å². The number of carbonyl (C=O) groups excluding carboxylic acids is 1. The predicted octanol–water partition coefficient (Wildman–Crippen LogP) is 6.83. The van der Waals surface area contributed by atoms with Gasteiger partial charge in [-0.25, -0.2) is 17.5 Å². The highest BCUT2D eigenvalue weighted by Crippen LogP contribution is 2.33. The maximum absolute atomic E-state index is 14.0. The quantitative estimate of drug-likeness (QED) is 0.222.